The molecule has 3 aromatic rings. The number of ether oxygens (including phenoxy) is 1. The molecule has 0 unspecified atom stereocenters. The van der Waals surface area contributed by atoms with Crippen LogP contribution < -0.4 is 4.74 Å². The van der Waals surface area contributed by atoms with Crippen LogP contribution in [0.15, 0.2) is 67.8 Å². The van der Waals surface area contributed by atoms with Crippen molar-refractivity contribution >= 4 is 28.6 Å². The lowest BCUT2D eigenvalue weighted by Crippen LogP contribution is -2.14. The third-order valence-corrected chi connectivity index (χ3v) is 5.26. The summed E-state index contributed by atoms with van der Waals surface area (Å²) < 4.78 is 7.61. The maximum absolute atomic E-state index is 11.7. The third kappa shape index (κ3) is 4.26. The van der Waals surface area contributed by atoms with E-state index in [-0.39, 0.29) is 5.41 Å². The van der Waals surface area contributed by atoms with Gasteiger partial charge in [-0.3, -0.25) is 0 Å². The van der Waals surface area contributed by atoms with E-state index in [0.29, 0.717) is 10.9 Å². The second-order valence-corrected chi connectivity index (χ2v) is 8.39. The van der Waals surface area contributed by atoms with E-state index < -0.39 is 5.43 Å². The summed E-state index contributed by atoms with van der Waals surface area (Å²) in [6, 6.07) is 17.7. The Morgan fingerprint density at radius 2 is 1.59 bits per heavy atom. The van der Waals surface area contributed by atoms with E-state index in [2.05, 4.69) is 43.7 Å². The molecule has 2 heterocycles. The van der Waals surface area contributed by atoms with Gasteiger partial charge in [0.2, 0.25) is 5.88 Å². The molecular formula is C24H23Cl2NO2. The van der Waals surface area contributed by atoms with Crippen molar-refractivity contribution in [2.45, 2.75) is 26.8 Å². The number of hydrogen-bond acceptors (Lipinski definition) is 2. The summed E-state index contributed by atoms with van der Waals surface area (Å²) in [5.41, 5.74) is 4.37. The van der Waals surface area contributed by atoms with Crippen molar-refractivity contribution in [3.8, 4) is 28.1 Å². The molecular weight excluding hydrogens is 405 g/mol. The van der Waals surface area contributed by atoms with E-state index in [4.69, 9.17) is 27.9 Å². The van der Waals surface area contributed by atoms with Crippen molar-refractivity contribution in [2.75, 3.05) is 0 Å². The standard InChI is InChI=1S/C22H19Cl2NO2.C2H4/c1-22(2)12-17-18(14-6-4-3-5-7-14)19(15-8-10-16(23)11-9-15)20(25(17)13-22)27-21(24)26;1-2/h3-11H,12-13H2,1-2H3;1-2H2. The Morgan fingerprint density at radius 3 is 2.17 bits per heavy atom. The van der Waals surface area contributed by atoms with E-state index in [0.717, 1.165) is 40.9 Å². The van der Waals surface area contributed by atoms with Gasteiger partial charge >= 0.3 is 5.43 Å². The normalized spacial score (nSPS) is 13.9. The SMILES string of the molecule is C=C.CC1(C)Cc2c(-c3ccccc3)c(-c3ccc(Cl)cc3)c(OC(=O)Cl)n2C1. The number of fused-ring (bicyclic) bond motifs is 1. The number of rotatable bonds is 3. The molecule has 0 aliphatic carbocycles. The van der Waals surface area contributed by atoms with Crippen molar-refractivity contribution < 1.29 is 9.53 Å². The molecule has 1 aliphatic heterocycles. The number of nitrogens with zero attached hydrogens (tertiary/aromatic N) is 1. The minimum Gasteiger partial charge on any atom is -0.397 e. The van der Waals surface area contributed by atoms with E-state index >= 15 is 0 Å². The van der Waals surface area contributed by atoms with Crippen molar-refractivity contribution in [2.24, 2.45) is 5.41 Å². The number of carbonyl (C=O) groups is 1. The quantitative estimate of drug-likeness (QED) is 0.318. The van der Waals surface area contributed by atoms with Gasteiger partial charge in [-0.15, -0.1) is 13.2 Å². The Balaban J connectivity index is 0.00000117. The summed E-state index contributed by atoms with van der Waals surface area (Å²) in [5, 5.41) is 0.656. The lowest BCUT2D eigenvalue weighted by Gasteiger charge is -2.18. The zero-order valence-electron chi connectivity index (χ0n) is 16.5. The molecule has 3 nitrogen and oxygen atoms in total. The van der Waals surface area contributed by atoms with Gasteiger partial charge in [-0.2, -0.15) is 0 Å². The number of carbonyl (C=O) groups excluding carboxylic acids is 1. The highest BCUT2D eigenvalue weighted by atomic mass is 35.5. The fourth-order valence-electron chi connectivity index (χ4n) is 3.91. The fraction of sp³-hybridized carbons (Fsp3) is 0.208. The molecule has 1 aromatic heterocycles. The number of halogens is 2. The fourth-order valence-corrected chi connectivity index (χ4v) is 4.11. The lowest BCUT2D eigenvalue weighted by molar-refractivity contribution is 0.220. The predicted octanol–water partition coefficient (Wildman–Crippen LogP) is 7.60. The minimum atomic E-state index is -0.838. The zero-order valence-corrected chi connectivity index (χ0v) is 18.1. The Labute approximate surface area is 181 Å². The van der Waals surface area contributed by atoms with Crippen LogP contribution in [0.1, 0.15) is 19.5 Å². The van der Waals surface area contributed by atoms with Gasteiger partial charge in [0.05, 0.1) is 5.56 Å². The average Bonchev–Trinajstić information content (AvgIpc) is 3.15. The Morgan fingerprint density at radius 1 is 1.00 bits per heavy atom. The summed E-state index contributed by atoms with van der Waals surface area (Å²) >= 11 is 11.7. The summed E-state index contributed by atoms with van der Waals surface area (Å²) in [6.45, 7) is 11.2. The molecule has 0 atom stereocenters. The summed E-state index contributed by atoms with van der Waals surface area (Å²) in [4.78, 5) is 11.7. The highest BCUT2D eigenvalue weighted by Crippen LogP contribution is 2.50. The first kappa shape index (κ1) is 21.2. The largest absolute Gasteiger partial charge is 0.410 e. The van der Waals surface area contributed by atoms with Crippen LogP contribution in [0.3, 0.4) is 0 Å². The summed E-state index contributed by atoms with van der Waals surface area (Å²) in [6.07, 6.45) is 0.887. The summed E-state index contributed by atoms with van der Waals surface area (Å²) in [5.74, 6) is 0.497. The van der Waals surface area contributed by atoms with Gasteiger partial charge in [0.25, 0.3) is 0 Å². The molecule has 0 bridgehead atoms. The van der Waals surface area contributed by atoms with Gasteiger partial charge in [0, 0.05) is 34.4 Å². The van der Waals surface area contributed by atoms with Crippen molar-refractivity contribution in [3.63, 3.8) is 0 Å². The minimum absolute atomic E-state index is 0.0743. The molecule has 29 heavy (non-hydrogen) atoms. The second kappa shape index (κ2) is 8.48. The number of aromatic nitrogens is 1. The highest BCUT2D eigenvalue weighted by Gasteiger charge is 2.37. The van der Waals surface area contributed by atoms with Crippen LogP contribution in [0, 0.1) is 5.41 Å². The van der Waals surface area contributed by atoms with Crippen LogP contribution in [-0.4, -0.2) is 10.00 Å². The van der Waals surface area contributed by atoms with E-state index in [1.165, 1.54) is 0 Å². The van der Waals surface area contributed by atoms with Gasteiger partial charge in [-0.05, 0) is 35.1 Å². The van der Waals surface area contributed by atoms with Crippen molar-refractivity contribution in [3.05, 3.63) is 78.5 Å². The topological polar surface area (TPSA) is 31.2 Å². The first-order valence-electron chi connectivity index (χ1n) is 9.30. The van der Waals surface area contributed by atoms with Crippen molar-refractivity contribution in [1.29, 1.82) is 0 Å². The van der Waals surface area contributed by atoms with Gasteiger partial charge in [0.1, 0.15) is 0 Å². The van der Waals surface area contributed by atoms with E-state index in [1.54, 1.807) is 0 Å². The maximum Gasteiger partial charge on any atom is 0.410 e. The Hall–Kier alpha value is -2.49. The van der Waals surface area contributed by atoms with Gasteiger partial charge < -0.3 is 9.30 Å². The molecule has 0 saturated heterocycles. The molecule has 0 fully saturated rings. The van der Waals surface area contributed by atoms with Gasteiger partial charge in [0.15, 0.2) is 0 Å². The van der Waals surface area contributed by atoms with E-state index in [1.807, 2.05) is 42.5 Å². The van der Waals surface area contributed by atoms with Crippen LogP contribution in [0.4, 0.5) is 4.79 Å². The summed E-state index contributed by atoms with van der Waals surface area (Å²) in [7, 11) is 0. The van der Waals surface area contributed by atoms with Crippen LogP contribution in [0.25, 0.3) is 22.3 Å². The first-order valence-corrected chi connectivity index (χ1v) is 10.1. The number of benzene rings is 2. The molecule has 1 aliphatic rings. The molecule has 2 aromatic carbocycles. The lowest BCUT2D eigenvalue weighted by atomic mass is 9.87. The first-order chi connectivity index (χ1) is 13.9. The maximum atomic E-state index is 11.7. The second-order valence-electron chi connectivity index (χ2n) is 7.64. The predicted molar refractivity (Wildman–Crippen MR) is 121 cm³/mol. The third-order valence-electron chi connectivity index (χ3n) is 4.93. The average molecular weight is 428 g/mol. The van der Waals surface area contributed by atoms with Crippen LogP contribution in [0.2, 0.25) is 5.02 Å². The van der Waals surface area contributed by atoms with Crippen LogP contribution in [0.5, 0.6) is 5.88 Å². The molecule has 0 spiro atoms. The van der Waals surface area contributed by atoms with Crippen LogP contribution in [-0.2, 0) is 13.0 Å². The molecule has 150 valence electrons. The smallest absolute Gasteiger partial charge is 0.397 e. The van der Waals surface area contributed by atoms with Crippen LogP contribution >= 0.6 is 23.2 Å². The van der Waals surface area contributed by atoms with Gasteiger partial charge in [-0.1, -0.05) is 67.9 Å². The van der Waals surface area contributed by atoms with Crippen molar-refractivity contribution in [1.82, 2.24) is 4.57 Å². The molecule has 0 amide bonds. The Bertz CT molecular complexity index is 1020. The highest BCUT2D eigenvalue weighted by molar-refractivity contribution is 6.61. The molecule has 5 heteroatoms. The monoisotopic (exact) mass is 427 g/mol. The Kier molecular flexibility index (Phi) is 6.21. The van der Waals surface area contributed by atoms with E-state index in [9.17, 15) is 4.79 Å². The molecule has 4 rings (SSSR count). The number of hydrogen-bond donors (Lipinski definition) is 0. The zero-order chi connectivity index (χ0) is 21.2. The molecule has 0 radical (unpaired) electrons. The van der Waals surface area contributed by atoms with Gasteiger partial charge in [-0.25, -0.2) is 4.79 Å². The molecule has 0 saturated carbocycles. The molecule has 0 N–H and O–H groups in total.